The van der Waals surface area contributed by atoms with Crippen molar-refractivity contribution >= 4 is 35.3 Å². The highest BCUT2D eigenvalue weighted by Gasteiger charge is 2.13. The van der Waals surface area contributed by atoms with E-state index < -0.39 is 0 Å². The van der Waals surface area contributed by atoms with Crippen molar-refractivity contribution in [1.82, 2.24) is 0 Å². The molecule has 0 saturated carbocycles. The second-order valence-corrected chi connectivity index (χ2v) is 11.1. The summed E-state index contributed by atoms with van der Waals surface area (Å²) in [5, 5.41) is 2.52. The van der Waals surface area contributed by atoms with Gasteiger partial charge in [-0.1, -0.05) is 47.5 Å². The summed E-state index contributed by atoms with van der Waals surface area (Å²) in [5.41, 5.74) is 0. The van der Waals surface area contributed by atoms with E-state index in [0.717, 1.165) is 28.6 Å². The zero-order valence-electron chi connectivity index (χ0n) is 17.4. The third kappa shape index (κ3) is 15.4. The molecule has 25 heavy (non-hydrogen) atoms. The Hall–Kier alpha value is 0.610. The predicted octanol–water partition coefficient (Wildman–Crippen LogP) is 7.91. The maximum absolute atomic E-state index is 3.37. The Kier molecular flexibility index (Phi) is 19.8. The molecule has 0 heterocycles. The van der Waals surface area contributed by atoms with Crippen molar-refractivity contribution in [3.63, 3.8) is 0 Å². The summed E-state index contributed by atoms with van der Waals surface area (Å²) in [5.74, 6) is 10.4. The minimum Gasteiger partial charge on any atom is -0.159 e. The van der Waals surface area contributed by atoms with Crippen LogP contribution in [0.25, 0.3) is 0 Å². The zero-order chi connectivity index (χ0) is 18.8. The highest BCUT2D eigenvalue weighted by atomic mass is 32.2. The van der Waals surface area contributed by atoms with Gasteiger partial charge in [0.25, 0.3) is 0 Å². The van der Waals surface area contributed by atoms with Gasteiger partial charge < -0.3 is 0 Å². The van der Waals surface area contributed by atoms with Gasteiger partial charge in [0.2, 0.25) is 0 Å². The molecule has 0 aromatic heterocycles. The molecule has 0 aliphatic carbocycles. The largest absolute Gasteiger partial charge is 0.159 e. The first-order chi connectivity index (χ1) is 12.2. The fourth-order valence-corrected chi connectivity index (χ4v) is 6.31. The highest BCUT2D eigenvalue weighted by molar-refractivity contribution is 8.00. The van der Waals surface area contributed by atoms with Crippen LogP contribution < -0.4 is 0 Å². The number of rotatable bonds is 16. The van der Waals surface area contributed by atoms with Gasteiger partial charge in [0.05, 0.1) is 0 Å². The minimum absolute atomic E-state index is 0.752. The number of hydrogen-bond acceptors (Lipinski definition) is 3. The molecule has 0 aromatic carbocycles. The topological polar surface area (TPSA) is 0 Å². The molecule has 3 unspecified atom stereocenters. The van der Waals surface area contributed by atoms with Gasteiger partial charge in [-0.3, -0.25) is 0 Å². The van der Waals surface area contributed by atoms with Crippen molar-refractivity contribution < 1.29 is 0 Å². The molecule has 0 bridgehead atoms. The first-order valence-electron chi connectivity index (χ1n) is 10.5. The molecule has 0 N–H and O–H groups in total. The van der Waals surface area contributed by atoms with Crippen LogP contribution in [0.4, 0.5) is 0 Å². The lowest BCUT2D eigenvalue weighted by molar-refractivity contribution is 0.576. The average Bonchev–Trinajstić information content (AvgIpc) is 2.61. The van der Waals surface area contributed by atoms with E-state index in [1.54, 1.807) is 0 Å². The summed E-state index contributed by atoms with van der Waals surface area (Å²) in [6.07, 6.45) is 11.8. The molecule has 0 nitrogen and oxygen atoms in total. The normalized spacial score (nSPS) is 14.6. The number of thioether (sulfide) groups is 3. The van der Waals surface area contributed by atoms with Crippen LogP contribution in [0.5, 0.6) is 0 Å². The van der Waals surface area contributed by atoms with E-state index in [2.05, 4.69) is 81.7 Å². The third-order valence-corrected chi connectivity index (χ3v) is 8.26. The summed E-state index contributed by atoms with van der Waals surface area (Å²) in [6.45, 7) is 11.4. The van der Waals surface area contributed by atoms with Crippen LogP contribution >= 0.6 is 35.3 Å². The lowest BCUT2D eigenvalue weighted by atomic mass is 10.0. The lowest BCUT2D eigenvalue weighted by Gasteiger charge is -2.19. The first-order valence-corrected chi connectivity index (χ1v) is 13.7. The SMILES string of the molecule is CCC#CCC(CCCC(CCCC(CC)SCC)SCC)SCC. The van der Waals surface area contributed by atoms with Gasteiger partial charge in [-0.2, -0.15) is 35.3 Å². The van der Waals surface area contributed by atoms with Crippen LogP contribution in [0.15, 0.2) is 0 Å². The van der Waals surface area contributed by atoms with Crippen LogP contribution in [0.1, 0.15) is 92.4 Å². The van der Waals surface area contributed by atoms with Crippen molar-refractivity contribution in [3.8, 4) is 11.8 Å². The van der Waals surface area contributed by atoms with Crippen molar-refractivity contribution in [2.24, 2.45) is 0 Å². The van der Waals surface area contributed by atoms with Gasteiger partial charge in [0.15, 0.2) is 0 Å². The molecule has 0 aliphatic rings. The van der Waals surface area contributed by atoms with Crippen LogP contribution in [-0.2, 0) is 0 Å². The Morgan fingerprint density at radius 2 is 1.08 bits per heavy atom. The Bertz CT molecular complexity index is 332. The third-order valence-electron chi connectivity index (χ3n) is 4.40. The molecule has 0 spiro atoms. The minimum atomic E-state index is 0.752. The maximum atomic E-state index is 3.37. The van der Waals surface area contributed by atoms with Gasteiger partial charge in [-0.05, 0) is 49.4 Å². The van der Waals surface area contributed by atoms with Gasteiger partial charge in [-0.25, -0.2) is 0 Å². The molecule has 3 atom stereocenters. The molecule has 0 aliphatic heterocycles. The van der Waals surface area contributed by atoms with Crippen molar-refractivity contribution in [2.45, 2.75) is 108 Å². The summed E-state index contributed by atoms with van der Waals surface area (Å²) < 4.78 is 0. The van der Waals surface area contributed by atoms with Gasteiger partial charge in [0, 0.05) is 28.6 Å². The monoisotopic (exact) mass is 402 g/mol. The van der Waals surface area contributed by atoms with Crippen LogP contribution in [0, 0.1) is 11.8 Å². The van der Waals surface area contributed by atoms with Crippen molar-refractivity contribution in [2.75, 3.05) is 17.3 Å². The Morgan fingerprint density at radius 1 is 0.600 bits per heavy atom. The lowest BCUT2D eigenvalue weighted by Crippen LogP contribution is -2.09. The summed E-state index contributed by atoms with van der Waals surface area (Å²) in [4.78, 5) is 0. The van der Waals surface area contributed by atoms with Gasteiger partial charge >= 0.3 is 0 Å². The molecule has 0 saturated heterocycles. The summed E-state index contributed by atoms with van der Waals surface area (Å²) >= 11 is 6.46. The van der Waals surface area contributed by atoms with E-state index in [0.29, 0.717) is 0 Å². The fraction of sp³-hybridized carbons (Fsp3) is 0.909. The highest BCUT2D eigenvalue weighted by Crippen LogP contribution is 2.28. The standard InChI is InChI=1S/C22H42S3/c1-6-11-12-15-21(24-9-4)18-14-19-22(25-10-5)17-13-16-20(7-2)23-8-3/h20-22H,6-10,13-19H2,1-5H3. The summed E-state index contributed by atoms with van der Waals surface area (Å²) in [7, 11) is 0. The molecule has 0 radical (unpaired) electrons. The van der Waals surface area contributed by atoms with Crippen LogP contribution in [-0.4, -0.2) is 33.0 Å². The van der Waals surface area contributed by atoms with Gasteiger partial charge in [-0.15, -0.1) is 11.8 Å². The second kappa shape index (κ2) is 19.4. The molecule has 0 amide bonds. The molecule has 0 aromatic rings. The second-order valence-electron chi connectivity index (χ2n) is 6.41. The summed E-state index contributed by atoms with van der Waals surface area (Å²) in [6, 6.07) is 0. The van der Waals surface area contributed by atoms with Gasteiger partial charge in [0.1, 0.15) is 0 Å². The molecule has 3 heteroatoms. The number of hydrogen-bond donors (Lipinski definition) is 0. The average molecular weight is 403 g/mol. The fourth-order valence-electron chi connectivity index (χ4n) is 3.13. The molecule has 0 rings (SSSR count). The molecular formula is C22H42S3. The predicted molar refractivity (Wildman–Crippen MR) is 126 cm³/mol. The maximum Gasteiger partial charge on any atom is 0.0208 e. The van der Waals surface area contributed by atoms with Crippen LogP contribution in [0.3, 0.4) is 0 Å². The Balaban J connectivity index is 4.14. The van der Waals surface area contributed by atoms with E-state index in [1.165, 1.54) is 62.2 Å². The van der Waals surface area contributed by atoms with E-state index in [1.807, 2.05) is 0 Å². The van der Waals surface area contributed by atoms with E-state index >= 15 is 0 Å². The molecule has 148 valence electrons. The zero-order valence-corrected chi connectivity index (χ0v) is 19.9. The van der Waals surface area contributed by atoms with E-state index in [9.17, 15) is 0 Å². The van der Waals surface area contributed by atoms with E-state index in [-0.39, 0.29) is 0 Å². The molecular weight excluding hydrogens is 360 g/mol. The Morgan fingerprint density at radius 3 is 1.60 bits per heavy atom. The first kappa shape index (κ1) is 25.6. The van der Waals surface area contributed by atoms with Crippen LogP contribution in [0.2, 0.25) is 0 Å². The molecule has 0 fully saturated rings. The van der Waals surface area contributed by atoms with Crippen molar-refractivity contribution in [3.05, 3.63) is 0 Å². The smallest absolute Gasteiger partial charge is 0.0208 e. The Labute approximate surface area is 172 Å². The quantitative estimate of drug-likeness (QED) is 0.241. The van der Waals surface area contributed by atoms with Crippen molar-refractivity contribution in [1.29, 1.82) is 0 Å². The van der Waals surface area contributed by atoms with E-state index in [4.69, 9.17) is 0 Å².